The number of rotatable bonds is 4. The summed E-state index contributed by atoms with van der Waals surface area (Å²) in [4.78, 5) is 0. The molecule has 0 bridgehead atoms. The second-order valence-electron chi connectivity index (χ2n) is 2.68. The highest BCUT2D eigenvalue weighted by Gasteiger charge is 2.72. The Balaban J connectivity index is 5.27. The zero-order valence-electron chi connectivity index (χ0n) is 7.64. The van der Waals surface area contributed by atoms with Gasteiger partial charge in [0, 0.05) is 0 Å². The SMILES string of the molecule is FC(F)=C(F)OC(F)(F)C(F)(F)C(F)C(F)(F)F. The Morgan fingerprint density at radius 2 is 1.22 bits per heavy atom. The van der Waals surface area contributed by atoms with Crippen LogP contribution in [0.5, 0.6) is 0 Å². The maximum atomic E-state index is 12.3. The molecule has 0 aromatic heterocycles. The van der Waals surface area contributed by atoms with Crippen LogP contribution in [0, 0.1) is 0 Å². The molecule has 0 aromatic carbocycles. The smallest absolute Gasteiger partial charge is 0.398 e. The summed E-state index contributed by atoms with van der Waals surface area (Å²) in [5.74, 6) is -6.60. The molecule has 0 radical (unpaired) electrons. The van der Waals surface area contributed by atoms with E-state index in [0.29, 0.717) is 0 Å². The molecule has 0 aliphatic rings. The van der Waals surface area contributed by atoms with E-state index in [1.54, 1.807) is 0 Å². The highest BCUT2D eigenvalue weighted by Crippen LogP contribution is 2.46. The lowest BCUT2D eigenvalue weighted by Gasteiger charge is -2.28. The first-order valence-corrected chi connectivity index (χ1v) is 3.59. The zero-order chi connectivity index (χ0) is 14.9. The fourth-order valence-corrected chi connectivity index (χ4v) is 0.572. The van der Waals surface area contributed by atoms with Crippen LogP contribution in [0.2, 0.25) is 0 Å². The van der Waals surface area contributed by atoms with Crippen molar-refractivity contribution in [2.45, 2.75) is 24.4 Å². The van der Waals surface area contributed by atoms with Gasteiger partial charge in [0.05, 0.1) is 0 Å². The van der Waals surface area contributed by atoms with Gasteiger partial charge in [-0.15, -0.1) is 0 Å². The summed E-state index contributed by atoms with van der Waals surface area (Å²) in [6, 6.07) is -3.55. The number of hydrogen-bond donors (Lipinski definition) is 0. The van der Waals surface area contributed by atoms with Crippen LogP contribution < -0.4 is 0 Å². The molecular formula is C6HF11O. The number of hydrogen-bond acceptors (Lipinski definition) is 1. The van der Waals surface area contributed by atoms with Crippen LogP contribution in [0.15, 0.2) is 12.1 Å². The first-order chi connectivity index (χ1) is 7.73. The Morgan fingerprint density at radius 3 is 1.50 bits per heavy atom. The molecular weight excluding hydrogens is 297 g/mol. The van der Waals surface area contributed by atoms with Gasteiger partial charge >= 0.3 is 30.3 Å². The highest BCUT2D eigenvalue weighted by molar-refractivity contribution is 4.93. The Labute approximate surface area is 90.8 Å². The summed E-state index contributed by atoms with van der Waals surface area (Å²) in [7, 11) is 0. The van der Waals surface area contributed by atoms with Crippen molar-refractivity contribution in [3.63, 3.8) is 0 Å². The van der Waals surface area contributed by atoms with Crippen LogP contribution in [0.1, 0.15) is 0 Å². The minimum atomic E-state index is -6.60. The average Bonchev–Trinajstić information content (AvgIpc) is 2.13. The highest BCUT2D eigenvalue weighted by atomic mass is 19.4. The summed E-state index contributed by atoms with van der Waals surface area (Å²) >= 11 is 0. The summed E-state index contributed by atoms with van der Waals surface area (Å²) in [5.41, 5.74) is 0. The first kappa shape index (κ1) is 16.8. The minimum absolute atomic E-state index is 2.02. The van der Waals surface area contributed by atoms with Gasteiger partial charge in [0.15, 0.2) is 0 Å². The van der Waals surface area contributed by atoms with E-state index < -0.39 is 36.5 Å². The Hall–Kier alpha value is -1.23. The van der Waals surface area contributed by atoms with E-state index in [-0.39, 0.29) is 0 Å². The van der Waals surface area contributed by atoms with E-state index >= 15 is 0 Å². The van der Waals surface area contributed by atoms with E-state index in [1.165, 1.54) is 0 Å². The summed E-state index contributed by atoms with van der Waals surface area (Å²) < 4.78 is 132. The molecule has 1 nitrogen and oxygen atoms in total. The number of alkyl halides is 8. The molecule has 0 fully saturated rings. The monoisotopic (exact) mass is 298 g/mol. The standard InChI is InChI=1S/C6HF11O/c7-1(8)2(9)18-6(16,17)4(11,12)3(10)5(13,14)15/h3H. The van der Waals surface area contributed by atoms with E-state index in [0.717, 1.165) is 0 Å². The van der Waals surface area contributed by atoms with Crippen LogP contribution in [-0.4, -0.2) is 24.4 Å². The van der Waals surface area contributed by atoms with Crippen molar-refractivity contribution >= 4 is 0 Å². The summed E-state index contributed by atoms with van der Waals surface area (Å²) in [6.07, 6.45) is -22.0. The molecule has 1 atom stereocenters. The Kier molecular flexibility index (Phi) is 4.47. The van der Waals surface area contributed by atoms with Crippen molar-refractivity contribution in [2.24, 2.45) is 0 Å². The number of halogens is 11. The Morgan fingerprint density at radius 1 is 0.833 bits per heavy atom. The third-order valence-corrected chi connectivity index (χ3v) is 1.36. The van der Waals surface area contributed by atoms with Crippen molar-refractivity contribution in [1.82, 2.24) is 0 Å². The molecule has 0 amide bonds. The van der Waals surface area contributed by atoms with Crippen molar-refractivity contribution in [3.05, 3.63) is 12.1 Å². The third-order valence-electron chi connectivity index (χ3n) is 1.36. The average molecular weight is 298 g/mol. The molecule has 0 saturated heterocycles. The zero-order valence-corrected chi connectivity index (χ0v) is 7.64. The summed E-state index contributed by atoms with van der Waals surface area (Å²) in [5, 5.41) is 0. The van der Waals surface area contributed by atoms with Gasteiger partial charge in [-0.1, -0.05) is 0 Å². The molecule has 108 valence electrons. The van der Waals surface area contributed by atoms with Crippen LogP contribution in [0.3, 0.4) is 0 Å². The predicted molar refractivity (Wildman–Crippen MR) is 32.3 cm³/mol. The number of ether oxygens (including phenoxy) is 1. The van der Waals surface area contributed by atoms with E-state index in [4.69, 9.17) is 0 Å². The van der Waals surface area contributed by atoms with E-state index in [2.05, 4.69) is 0 Å². The van der Waals surface area contributed by atoms with Gasteiger partial charge in [-0.05, 0) is 0 Å². The van der Waals surface area contributed by atoms with E-state index in [9.17, 15) is 48.3 Å². The second kappa shape index (κ2) is 4.80. The molecule has 0 aliphatic carbocycles. The van der Waals surface area contributed by atoms with Gasteiger partial charge in [0.2, 0.25) is 0 Å². The van der Waals surface area contributed by atoms with Gasteiger partial charge in [-0.2, -0.15) is 43.9 Å². The maximum absolute atomic E-state index is 12.3. The van der Waals surface area contributed by atoms with Gasteiger partial charge in [-0.3, -0.25) is 0 Å². The first-order valence-electron chi connectivity index (χ1n) is 3.59. The molecule has 0 rings (SSSR count). The van der Waals surface area contributed by atoms with Crippen molar-refractivity contribution < 1.29 is 53.0 Å². The minimum Gasteiger partial charge on any atom is -0.398 e. The van der Waals surface area contributed by atoms with E-state index in [1.807, 2.05) is 4.74 Å². The van der Waals surface area contributed by atoms with Crippen molar-refractivity contribution in [1.29, 1.82) is 0 Å². The van der Waals surface area contributed by atoms with Crippen LogP contribution in [-0.2, 0) is 4.74 Å². The quantitative estimate of drug-likeness (QED) is 0.559. The molecule has 0 spiro atoms. The fourth-order valence-electron chi connectivity index (χ4n) is 0.572. The molecule has 1 unspecified atom stereocenters. The molecule has 12 heteroatoms. The lowest BCUT2D eigenvalue weighted by atomic mass is 10.2. The van der Waals surface area contributed by atoms with Crippen LogP contribution in [0.25, 0.3) is 0 Å². The fraction of sp³-hybridized carbons (Fsp3) is 0.667. The molecule has 0 N–H and O–H groups in total. The predicted octanol–water partition coefficient (Wildman–Crippen LogP) is 4.17. The largest absolute Gasteiger partial charge is 0.469 e. The molecule has 18 heavy (non-hydrogen) atoms. The van der Waals surface area contributed by atoms with Gasteiger partial charge < -0.3 is 4.74 Å². The Bertz CT molecular complexity index is 325. The van der Waals surface area contributed by atoms with Crippen molar-refractivity contribution in [3.8, 4) is 0 Å². The van der Waals surface area contributed by atoms with Crippen molar-refractivity contribution in [2.75, 3.05) is 0 Å². The van der Waals surface area contributed by atoms with Gasteiger partial charge in [0.1, 0.15) is 0 Å². The molecule has 0 heterocycles. The normalized spacial score (nSPS) is 15.3. The van der Waals surface area contributed by atoms with Crippen LogP contribution in [0.4, 0.5) is 48.3 Å². The van der Waals surface area contributed by atoms with Gasteiger partial charge in [0.25, 0.3) is 6.17 Å². The van der Waals surface area contributed by atoms with Crippen LogP contribution >= 0.6 is 0 Å². The summed E-state index contributed by atoms with van der Waals surface area (Å²) in [6.45, 7) is 0. The van der Waals surface area contributed by atoms with Gasteiger partial charge in [-0.25, -0.2) is 4.39 Å². The second-order valence-corrected chi connectivity index (χ2v) is 2.68. The topological polar surface area (TPSA) is 9.23 Å². The maximum Gasteiger partial charge on any atom is 0.469 e. The molecule has 0 aromatic rings. The molecule has 0 aliphatic heterocycles. The lowest BCUT2D eigenvalue weighted by molar-refractivity contribution is -0.381. The lowest BCUT2D eigenvalue weighted by Crippen LogP contribution is -2.54. The molecule has 0 saturated carbocycles. The third kappa shape index (κ3) is 3.38.